The van der Waals surface area contributed by atoms with E-state index in [2.05, 4.69) is 10.4 Å². The fourth-order valence-corrected chi connectivity index (χ4v) is 3.57. The minimum absolute atomic E-state index is 0.0725. The van der Waals surface area contributed by atoms with Gasteiger partial charge in [-0.3, -0.25) is 9.36 Å². The first kappa shape index (κ1) is 24.4. The predicted octanol–water partition coefficient (Wildman–Crippen LogP) is 4.40. The number of nitrogens with one attached hydrogen (secondary N) is 1. The van der Waals surface area contributed by atoms with E-state index in [0.717, 1.165) is 22.6 Å². The van der Waals surface area contributed by atoms with E-state index >= 15 is 0 Å². The third-order valence-corrected chi connectivity index (χ3v) is 5.44. The lowest BCUT2D eigenvalue weighted by Gasteiger charge is -2.20. The number of methoxy groups -OCH3 is 1. The number of benzene rings is 2. The summed E-state index contributed by atoms with van der Waals surface area (Å²) in [6.45, 7) is 8.25. The third kappa shape index (κ3) is 5.76. The highest BCUT2D eigenvalue weighted by Gasteiger charge is 2.31. The number of esters is 1. The predicted molar refractivity (Wildman–Crippen MR) is 128 cm³/mol. The molecular formula is C24H29ClN4O4. The zero-order chi connectivity index (χ0) is 24.2. The summed E-state index contributed by atoms with van der Waals surface area (Å²) in [7, 11) is 1.33. The van der Waals surface area contributed by atoms with Crippen molar-refractivity contribution < 1.29 is 14.3 Å². The maximum absolute atomic E-state index is 13.3. The van der Waals surface area contributed by atoms with Crippen LogP contribution < -0.4 is 15.7 Å². The van der Waals surface area contributed by atoms with Crippen LogP contribution in [-0.2, 0) is 22.6 Å². The Morgan fingerprint density at radius 1 is 1.18 bits per heavy atom. The van der Waals surface area contributed by atoms with E-state index in [-0.39, 0.29) is 18.8 Å². The minimum atomic E-state index is -0.926. The van der Waals surface area contributed by atoms with Crippen molar-refractivity contribution in [1.29, 1.82) is 0 Å². The SMILES string of the molecule is CCOc1ccc(Nc2nn(CC(C)(C)C(=O)OC)c(=O)n2Cc2ccc(Cl)cc2)cc1C. The number of hydrogen-bond acceptors (Lipinski definition) is 6. The molecule has 3 aromatic rings. The van der Waals surface area contributed by atoms with E-state index in [1.165, 1.54) is 16.4 Å². The molecule has 0 amide bonds. The lowest BCUT2D eigenvalue weighted by Crippen LogP contribution is -2.36. The van der Waals surface area contributed by atoms with Gasteiger partial charge in [0.05, 0.1) is 32.2 Å². The first-order chi connectivity index (χ1) is 15.6. The highest BCUT2D eigenvalue weighted by molar-refractivity contribution is 6.30. The third-order valence-electron chi connectivity index (χ3n) is 5.19. The highest BCUT2D eigenvalue weighted by Crippen LogP contribution is 2.25. The Bertz CT molecular complexity index is 1180. The lowest BCUT2D eigenvalue weighted by atomic mass is 9.94. The summed E-state index contributed by atoms with van der Waals surface area (Å²) in [6, 6.07) is 12.9. The molecule has 0 aliphatic carbocycles. The molecule has 0 aliphatic heterocycles. The van der Waals surface area contributed by atoms with Crippen molar-refractivity contribution in [3.63, 3.8) is 0 Å². The molecular weight excluding hydrogens is 444 g/mol. The Morgan fingerprint density at radius 3 is 2.48 bits per heavy atom. The molecule has 1 N–H and O–H groups in total. The fraction of sp³-hybridized carbons (Fsp3) is 0.375. The highest BCUT2D eigenvalue weighted by atomic mass is 35.5. The van der Waals surface area contributed by atoms with Gasteiger partial charge in [-0.15, -0.1) is 5.10 Å². The normalized spacial score (nSPS) is 11.3. The average molecular weight is 473 g/mol. The number of ether oxygens (including phenoxy) is 2. The van der Waals surface area contributed by atoms with E-state index < -0.39 is 11.4 Å². The molecule has 0 spiro atoms. The fourth-order valence-electron chi connectivity index (χ4n) is 3.44. The van der Waals surface area contributed by atoms with Crippen LogP contribution in [0.15, 0.2) is 47.3 Å². The smallest absolute Gasteiger partial charge is 0.347 e. The lowest BCUT2D eigenvalue weighted by molar-refractivity contribution is -0.151. The van der Waals surface area contributed by atoms with Gasteiger partial charge in [-0.1, -0.05) is 23.7 Å². The number of hydrogen-bond donors (Lipinski definition) is 1. The van der Waals surface area contributed by atoms with Gasteiger partial charge in [0.2, 0.25) is 5.95 Å². The zero-order valence-corrected chi connectivity index (χ0v) is 20.3. The molecule has 3 rings (SSSR count). The average Bonchev–Trinajstić information content (AvgIpc) is 3.04. The van der Waals surface area contributed by atoms with E-state index in [0.29, 0.717) is 17.6 Å². The van der Waals surface area contributed by atoms with Crippen molar-refractivity contribution in [2.24, 2.45) is 5.41 Å². The molecule has 0 saturated carbocycles. The van der Waals surface area contributed by atoms with Crippen LogP contribution >= 0.6 is 11.6 Å². The van der Waals surface area contributed by atoms with Crippen LogP contribution in [0.2, 0.25) is 5.02 Å². The molecule has 0 bridgehead atoms. The molecule has 0 fully saturated rings. The summed E-state index contributed by atoms with van der Waals surface area (Å²) < 4.78 is 13.3. The molecule has 9 heteroatoms. The van der Waals surface area contributed by atoms with E-state index in [1.807, 2.05) is 44.2 Å². The molecule has 2 aromatic carbocycles. The Morgan fingerprint density at radius 2 is 1.88 bits per heavy atom. The summed E-state index contributed by atoms with van der Waals surface area (Å²) in [5.41, 5.74) is 1.34. The van der Waals surface area contributed by atoms with Crippen molar-refractivity contribution in [2.75, 3.05) is 19.0 Å². The van der Waals surface area contributed by atoms with Crippen molar-refractivity contribution in [1.82, 2.24) is 14.3 Å². The second-order valence-electron chi connectivity index (χ2n) is 8.39. The molecule has 1 heterocycles. The van der Waals surface area contributed by atoms with Crippen LogP contribution in [0.3, 0.4) is 0 Å². The Balaban J connectivity index is 1.99. The first-order valence-electron chi connectivity index (χ1n) is 10.7. The standard InChI is InChI=1S/C24H29ClN4O4/c1-6-33-20-12-11-19(13-16(20)2)26-22-27-29(15-24(3,4)21(30)32-5)23(31)28(22)14-17-7-9-18(25)10-8-17/h7-13H,6,14-15H2,1-5H3,(H,26,27). The van der Waals surface area contributed by atoms with Crippen LogP contribution in [0.1, 0.15) is 31.9 Å². The van der Waals surface area contributed by atoms with Gasteiger partial charge in [0, 0.05) is 10.7 Å². The maximum atomic E-state index is 13.3. The molecule has 0 atom stereocenters. The molecule has 176 valence electrons. The van der Waals surface area contributed by atoms with Crippen LogP contribution in [-0.4, -0.2) is 34.0 Å². The van der Waals surface area contributed by atoms with Gasteiger partial charge in [-0.05, 0) is 69.2 Å². The first-order valence-corrected chi connectivity index (χ1v) is 11.0. The van der Waals surface area contributed by atoms with Crippen molar-refractivity contribution in [3.8, 4) is 5.75 Å². The van der Waals surface area contributed by atoms with Gasteiger partial charge in [-0.2, -0.15) is 0 Å². The Labute approximate surface area is 198 Å². The number of aryl methyl sites for hydroxylation is 1. The van der Waals surface area contributed by atoms with Crippen LogP contribution in [0.5, 0.6) is 5.75 Å². The number of carbonyl (C=O) groups is 1. The molecule has 0 radical (unpaired) electrons. The molecule has 0 unspecified atom stereocenters. The van der Waals surface area contributed by atoms with Crippen LogP contribution in [0.4, 0.5) is 11.6 Å². The van der Waals surface area contributed by atoms with Crippen molar-refractivity contribution >= 4 is 29.2 Å². The van der Waals surface area contributed by atoms with E-state index in [4.69, 9.17) is 21.1 Å². The largest absolute Gasteiger partial charge is 0.494 e. The molecule has 0 saturated heterocycles. The van der Waals surface area contributed by atoms with Crippen LogP contribution in [0, 0.1) is 12.3 Å². The van der Waals surface area contributed by atoms with Crippen molar-refractivity contribution in [3.05, 3.63) is 69.1 Å². The summed E-state index contributed by atoms with van der Waals surface area (Å²) in [5.74, 6) is 0.740. The zero-order valence-electron chi connectivity index (χ0n) is 19.5. The Kier molecular flexibility index (Phi) is 7.48. The van der Waals surface area contributed by atoms with Crippen LogP contribution in [0.25, 0.3) is 0 Å². The summed E-state index contributed by atoms with van der Waals surface area (Å²) in [5, 5.41) is 8.35. The van der Waals surface area contributed by atoms with Gasteiger partial charge in [0.25, 0.3) is 0 Å². The monoisotopic (exact) mass is 472 g/mol. The second-order valence-corrected chi connectivity index (χ2v) is 8.83. The molecule has 8 nitrogen and oxygen atoms in total. The number of carbonyl (C=O) groups excluding carboxylic acids is 1. The minimum Gasteiger partial charge on any atom is -0.494 e. The number of nitrogens with zero attached hydrogens (tertiary/aromatic N) is 3. The second kappa shape index (κ2) is 10.1. The molecule has 0 aliphatic rings. The van der Waals surface area contributed by atoms with E-state index in [9.17, 15) is 9.59 Å². The molecule has 1 aromatic heterocycles. The summed E-state index contributed by atoms with van der Waals surface area (Å²) >= 11 is 6.00. The topological polar surface area (TPSA) is 87.4 Å². The van der Waals surface area contributed by atoms with E-state index in [1.54, 1.807) is 26.0 Å². The van der Waals surface area contributed by atoms with Gasteiger partial charge in [0.1, 0.15) is 5.75 Å². The maximum Gasteiger partial charge on any atom is 0.347 e. The number of halogens is 1. The Hall–Kier alpha value is -3.26. The number of rotatable bonds is 9. The number of aromatic nitrogens is 3. The summed E-state index contributed by atoms with van der Waals surface area (Å²) in [4.78, 5) is 25.4. The van der Waals surface area contributed by atoms with Gasteiger partial charge in [-0.25, -0.2) is 9.48 Å². The summed E-state index contributed by atoms with van der Waals surface area (Å²) in [6.07, 6.45) is 0. The van der Waals surface area contributed by atoms with Gasteiger partial charge < -0.3 is 14.8 Å². The van der Waals surface area contributed by atoms with Gasteiger partial charge >= 0.3 is 11.7 Å². The van der Waals surface area contributed by atoms with Gasteiger partial charge in [0.15, 0.2) is 0 Å². The number of anilines is 2. The quantitative estimate of drug-likeness (QED) is 0.464. The van der Waals surface area contributed by atoms with Crippen molar-refractivity contribution in [2.45, 2.75) is 40.8 Å². The molecule has 33 heavy (non-hydrogen) atoms.